The molecule has 2 aromatic carbocycles. The van der Waals surface area contributed by atoms with Crippen molar-refractivity contribution in [3.8, 4) is 18.1 Å². The van der Waals surface area contributed by atoms with Crippen LogP contribution in [0.25, 0.3) is 0 Å². The molecule has 0 unspecified atom stereocenters. The molecule has 0 saturated carbocycles. The third-order valence-electron chi connectivity index (χ3n) is 4.96. The summed E-state index contributed by atoms with van der Waals surface area (Å²) >= 11 is 1.34. The molecule has 0 fully saturated rings. The average Bonchev–Trinajstić information content (AvgIpc) is 3.16. The van der Waals surface area contributed by atoms with Crippen LogP contribution in [-0.4, -0.2) is 20.9 Å². The minimum atomic E-state index is -3.75. The summed E-state index contributed by atoms with van der Waals surface area (Å²) in [6.45, 7) is 2.05. The highest BCUT2D eigenvalue weighted by Gasteiger charge is 2.34. The lowest BCUT2D eigenvalue weighted by molar-refractivity contribution is -0.116. The Kier molecular flexibility index (Phi) is 5.37. The van der Waals surface area contributed by atoms with E-state index >= 15 is 0 Å². The van der Waals surface area contributed by atoms with E-state index in [0.717, 1.165) is 16.0 Å². The molecule has 152 valence electrons. The second kappa shape index (κ2) is 7.98. The number of terminal acetylenes is 1. The maximum absolute atomic E-state index is 13.2. The van der Waals surface area contributed by atoms with Gasteiger partial charge in [-0.3, -0.25) is 4.79 Å². The first-order valence-electron chi connectivity index (χ1n) is 9.29. The number of benzene rings is 2. The summed E-state index contributed by atoms with van der Waals surface area (Å²) in [5, 5.41) is 4.39. The van der Waals surface area contributed by atoms with Crippen LogP contribution in [0.15, 0.2) is 63.7 Å². The first kappa shape index (κ1) is 20.2. The zero-order valence-corrected chi connectivity index (χ0v) is 17.8. The number of hydrogen-bond donors (Lipinski definition) is 1. The summed E-state index contributed by atoms with van der Waals surface area (Å²) in [6, 6.07) is 14.1. The van der Waals surface area contributed by atoms with Crippen molar-refractivity contribution < 1.29 is 17.9 Å². The highest BCUT2D eigenvalue weighted by Crippen LogP contribution is 2.46. The van der Waals surface area contributed by atoms with E-state index in [1.54, 1.807) is 35.7 Å². The summed E-state index contributed by atoms with van der Waals surface area (Å²) in [6.07, 6.45) is 5.49. The third-order valence-corrected chi connectivity index (χ3v) is 8.00. The maximum Gasteiger partial charge on any atom is 0.225 e. The van der Waals surface area contributed by atoms with Gasteiger partial charge in [-0.05, 0) is 36.8 Å². The van der Waals surface area contributed by atoms with Crippen LogP contribution in [0.5, 0.6) is 5.75 Å². The lowest BCUT2D eigenvalue weighted by Crippen LogP contribution is -2.23. The Hall–Kier alpha value is -3.08. The first-order valence-corrected chi connectivity index (χ1v) is 11.7. The Morgan fingerprint density at radius 3 is 2.73 bits per heavy atom. The average molecular weight is 438 g/mol. The van der Waals surface area contributed by atoms with E-state index in [1.165, 1.54) is 11.3 Å². The van der Waals surface area contributed by atoms with E-state index < -0.39 is 9.84 Å². The number of hydrogen-bond acceptors (Lipinski definition) is 5. The van der Waals surface area contributed by atoms with Crippen molar-refractivity contribution in [2.45, 2.75) is 29.1 Å². The normalized spacial score (nSPS) is 15.7. The molecule has 7 heteroatoms. The van der Waals surface area contributed by atoms with E-state index in [1.807, 2.05) is 25.1 Å². The van der Waals surface area contributed by atoms with E-state index in [2.05, 4.69) is 11.2 Å². The molecule has 0 bridgehead atoms. The number of nitrogens with one attached hydrogen (secondary N) is 1. The van der Waals surface area contributed by atoms with Gasteiger partial charge < -0.3 is 10.1 Å². The molecule has 1 aromatic heterocycles. The van der Waals surface area contributed by atoms with Gasteiger partial charge in [-0.15, -0.1) is 17.8 Å². The van der Waals surface area contributed by atoms with Crippen LogP contribution in [0.1, 0.15) is 28.3 Å². The Balaban J connectivity index is 1.76. The van der Waals surface area contributed by atoms with Crippen LogP contribution < -0.4 is 10.1 Å². The number of sulfone groups is 1. The number of ether oxygens (including phenoxy) is 1. The quantitative estimate of drug-likeness (QED) is 0.602. The molecule has 1 aliphatic heterocycles. The Morgan fingerprint density at radius 1 is 1.23 bits per heavy atom. The molecule has 1 atom stereocenters. The molecule has 1 amide bonds. The minimum Gasteiger partial charge on any atom is -0.481 e. The van der Waals surface area contributed by atoms with Crippen LogP contribution in [0.4, 0.5) is 5.69 Å². The fourth-order valence-corrected chi connectivity index (χ4v) is 6.37. The fourth-order valence-electron chi connectivity index (χ4n) is 3.46. The summed E-state index contributed by atoms with van der Waals surface area (Å²) < 4.78 is 31.9. The molecule has 5 nitrogen and oxygen atoms in total. The summed E-state index contributed by atoms with van der Waals surface area (Å²) in [5.74, 6) is 2.56. The molecule has 4 rings (SSSR count). The molecule has 0 aliphatic carbocycles. The first-order chi connectivity index (χ1) is 14.4. The van der Waals surface area contributed by atoms with Gasteiger partial charge in [0.05, 0.1) is 10.6 Å². The van der Waals surface area contributed by atoms with Crippen LogP contribution in [0, 0.1) is 19.3 Å². The Bertz CT molecular complexity index is 1250. The molecule has 0 saturated heterocycles. The summed E-state index contributed by atoms with van der Waals surface area (Å²) in [5.41, 5.74) is 2.22. The van der Waals surface area contributed by atoms with E-state index in [0.29, 0.717) is 11.4 Å². The largest absolute Gasteiger partial charge is 0.481 e. The van der Waals surface area contributed by atoms with Gasteiger partial charge in [-0.25, -0.2) is 8.42 Å². The Morgan fingerprint density at radius 2 is 2.00 bits per heavy atom. The van der Waals surface area contributed by atoms with Gasteiger partial charge in [0.2, 0.25) is 15.7 Å². The monoisotopic (exact) mass is 437 g/mol. The van der Waals surface area contributed by atoms with Crippen molar-refractivity contribution in [3.63, 3.8) is 0 Å². The van der Waals surface area contributed by atoms with Crippen LogP contribution in [0.3, 0.4) is 0 Å². The number of carbonyl (C=O) groups is 1. The lowest BCUT2D eigenvalue weighted by Gasteiger charge is -2.24. The minimum absolute atomic E-state index is 0.129. The third kappa shape index (κ3) is 3.72. The number of aryl methyl sites for hydroxylation is 1. The zero-order valence-electron chi connectivity index (χ0n) is 16.2. The van der Waals surface area contributed by atoms with E-state index in [9.17, 15) is 13.2 Å². The van der Waals surface area contributed by atoms with Crippen LogP contribution >= 0.6 is 11.3 Å². The summed E-state index contributed by atoms with van der Waals surface area (Å²) in [7, 11) is -3.75. The van der Waals surface area contributed by atoms with Crippen LogP contribution in [0.2, 0.25) is 0 Å². The number of fused-ring (bicyclic) bond motifs is 1. The van der Waals surface area contributed by atoms with Crippen LogP contribution in [-0.2, 0) is 14.6 Å². The predicted molar refractivity (Wildman–Crippen MR) is 117 cm³/mol. The predicted octanol–water partition coefficient (Wildman–Crippen LogP) is 4.38. The number of carbonyl (C=O) groups excluding carboxylic acids is 1. The smallest absolute Gasteiger partial charge is 0.225 e. The highest BCUT2D eigenvalue weighted by atomic mass is 32.2. The van der Waals surface area contributed by atoms with Crippen molar-refractivity contribution in [1.82, 2.24) is 0 Å². The van der Waals surface area contributed by atoms with Gasteiger partial charge in [0.25, 0.3) is 0 Å². The topological polar surface area (TPSA) is 72.5 Å². The van der Waals surface area contributed by atoms with Gasteiger partial charge in [-0.2, -0.15) is 0 Å². The lowest BCUT2D eigenvalue weighted by atomic mass is 9.90. The molecule has 3 aromatic rings. The van der Waals surface area contributed by atoms with Gasteiger partial charge >= 0.3 is 0 Å². The summed E-state index contributed by atoms with van der Waals surface area (Å²) in [4.78, 5) is 13.6. The standard InChI is InChI=1S/C23H19NO4S2/c1-3-11-28-17-6-4-5-16(12-17)19-13-21(25)24-22-20(14-29-23(19)22)30(26,27)18-9-7-15(2)8-10-18/h1,4-10,12,14,19H,11,13H2,2H3,(H,24,25)/t19-/m0/s1. The number of amides is 1. The van der Waals surface area contributed by atoms with Crippen molar-refractivity contribution in [2.24, 2.45) is 0 Å². The highest BCUT2D eigenvalue weighted by molar-refractivity contribution is 7.91. The van der Waals surface area contributed by atoms with E-state index in [4.69, 9.17) is 11.2 Å². The molecule has 0 spiro atoms. The van der Waals surface area contributed by atoms with Crippen molar-refractivity contribution >= 4 is 32.8 Å². The molecule has 30 heavy (non-hydrogen) atoms. The molecule has 0 radical (unpaired) electrons. The Labute approximate surface area is 179 Å². The molecule has 1 N–H and O–H groups in total. The number of anilines is 1. The van der Waals surface area contributed by atoms with Crippen molar-refractivity contribution in [2.75, 3.05) is 11.9 Å². The number of thiophene rings is 1. The SMILES string of the molecule is C#CCOc1cccc([C@@H]2CC(=O)Nc3c(S(=O)(=O)c4ccc(C)cc4)csc32)c1. The van der Waals surface area contributed by atoms with Crippen molar-refractivity contribution in [1.29, 1.82) is 0 Å². The second-order valence-corrected chi connectivity index (χ2v) is 9.86. The molecule has 2 heterocycles. The van der Waals surface area contributed by atoms with Gasteiger partial charge in [0.1, 0.15) is 17.3 Å². The van der Waals surface area contributed by atoms with E-state index in [-0.39, 0.29) is 34.6 Å². The zero-order chi connectivity index (χ0) is 21.3. The van der Waals surface area contributed by atoms with Gasteiger partial charge in [0, 0.05) is 22.6 Å². The number of rotatable bonds is 5. The molecule has 1 aliphatic rings. The van der Waals surface area contributed by atoms with Crippen molar-refractivity contribution in [3.05, 3.63) is 69.9 Å². The molecular weight excluding hydrogens is 418 g/mol. The fraction of sp³-hybridized carbons (Fsp3) is 0.174. The second-order valence-electron chi connectivity index (χ2n) is 7.03. The molecular formula is C23H19NO4S2. The van der Waals surface area contributed by atoms with Gasteiger partial charge in [0.15, 0.2) is 0 Å². The van der Waals surface area contributed by atoms with Gasteiger partial charge in [-0.1, -0.05) is 35.7 Å². The maximum atomic E-state index is 13.2.